The fourth-order valence-electron chi connectivity index (χ4n) is 2.91. The minimum absolute atomic E-state index is 0.0459. The van der Waals surface area contributed by atoms with E-state index in [0.717, 1.165) is 43.9 Å². The molecule has 1 saturated heterocycles. The molecule has 2 N–H and O–H groups in total. The maximum absolute atomic E-state index is 12.7. The largest absolute Gasteiger partial charge is 0.362 e. The molecule has 1 unspecified atom stereocenters. The van der Waals surface area contributed by atoms with Crippen LogP contribution in [-0.4, -0.2) is 73.4 Å². The van der Waals surface area contributed by atoms with Crippen molar-refractivity contribution in [3.05, 3.63) is 11.1 Å². The number of hydrogen-bond donors (Lipinski definition) is 2. The van der Waals surface area contributed by atoms with Gasteiger partial charge >= 0.3 is 0 Å². The average molecular weight is 382 g/mol. The molecule has 1 aliphatic rings. The quantitative estimate of drug-likeness (QED) is 0.639. The smallest absolute Gasteiger partial charge is 0.273 e. The highest BCUT2D eigenvalue weighted by Gasteiger charge is 2.29. The van der Waals surface area contributed by atoms with Crippen molar-refractivity contribution in [2.45, 2.75) is 32.6 Å². The van der Waals surface area contributed by atoms with Crippen LogP contribution in [0, 0.1) is 5.92 Å². The minimum atomic E-state index is -0.129. The van der Waals surface area contributed by atoms with E-state index in [2.05, 4.69) is 22.5 Å². The van der Waals surface area contributed by atoms with Crippen LogP contribution in [0.25, 0.3) is 0 Å². The van der Waals surface area contributed by atoms with E-state index in [-0.39, 0.29) is 17.7 Å². The molecule has 1 aromatic heterocycles. The Morgan fingerprint density at radius 2 is 2.19 bits per heavy atom. The van der Waals surface area contributed by atoms with Gasteiger partial charge in [0.2, 0.25) is 5.91 Å². The molecule has 2 heterocycles. The zero-order chi connectivity index (χ0) is 18.9. The molecule has 2 rings (SSSR count). The van der Waals surface area contributed by atoms with Gasteiger partial charge in [-0.05, 0) is 33.4 Å². The van der Waals surface area contributed by atoms with Crippen molar-refractivity contribution in [3.8, 4) is 0 Å². The highest BCUT2D eigenvalue weighted by Crippen LogP contribution is 2.21. The van der Waals surface area contributed by atoms with Gasteiger partial charge in [0.1, 0.15) is 5.69 Å². The van der Waals surface area contributed by atoms with Crippen molar-refractivity contribution >= 4 is 28.3 Å². The van der Waals surface area contributed by atoms with E-state index in [1.807, 2.05) is 19.0 Å². The molecule has 0 aliphatic carbocycles. The monoisotopic (exact) mass is 381 g/mol. The van der Waals surface area contributed by atoms with Gasteiger partial charge < -0.3 is 20.4 Å². The molecule has 1 fully saturated rings. The van der Waals surface area contributed by atoms with E-state index in [1.165, 1.54) is 11.3 Å². The number of piperidine rings is 1. The number of likely N-dealkylation sites (tertiary alicyclic amines) is 1. The van der Waals surface area contributed by atoms with Gasteiger partial charge in [0.05, 0.1) is 5.92 Å². The highest BCUT2D eigenvalue weighted by molar-refractivity contribution is 7.13. The molecule has 7 nitrogen and oxygen atoms in total. The Kier molecular flexibility index (Phi) is 8.31. The summed E-state index contributed by atoms with van der Waals surface area (Å²) in [6, 6.07) is 0. The third-order valence-corrected chi connectivity index (χ3v) is 5.27. The molecule has 1 atom stereocenters. The first-order valence-corrected chi connectivity index (χ1v) is 10.3. The van der Waals surface area contributed by atoms with E-state index in [4.69, 9.17) is 0 Å². The summed E-state index contributed by atoms with van der Waals surface area (Å²) in [5.41, 5.74) is 0.475. The molecule has 0 spiro atoms. The molecule has 0 radical (unpaired) electrons. The number of aromatic nitrogens is 1. The standard InChI is InChI=1S/C18H31N5O2S/c1-4-5-8-20-18-21-15(13-26-18)17(25)23-10-6-7-14(12-23)16(24)19-9-11-22(2)3/h13-14H,4-12H2,1-3H3,(H,19,24)(H,20,21). The van der Waals surface area contributed by atoms with Crippen LogP contribution in [0.1, 0.15) is 43.1 Å². The van der Waals surface area contributed by atoms with E-state index in [1.54, 1.807) is 10.3 Å². The zero-order valence-corrected chi connectivity index (χ0v) is 16.9. The summed E-state index contributed by atoms with van der Waals surface area (Å²) < 4.78 is 0. The fraction of sp³-hybridized carbons (Fsp3) is 0.722. The average Bonchev–Trinajstić information content (AvgIpc) is 3.10. The number of likely N-dealkylation sites (N-methyl/N-ethyl adjacent to an activating group) is 1. The second kappa shape index (κ2) is 10.5. The lowest BCUT2D eigenvalue weighted by Gasteiger charge is -2.31. The highest BCUT2D eigenvalue weighted by atomic mass is 32.1. The zero-order valence-electron chi connectivity index (χ0n) is 16.1. The van der Waals surface area contributed by atoms with Crippen LogP contribution >= 0.6 is 11.3 Å². The Labute approximate surface area is 160 Å². The van der Waals surface area contributed by atoms with E-state index >= 15 is 0 Å². The molecule has 0 aromatic carbocycles. The minimum Gasteiger partial charge on any atom is -0.362 e. The molecule has 8 heteroatoms. The number of amides is 2. The number of thiazole rings is 1. The topological polar surface area (TPSA) is 77.6 Å². The van der Waals surface area contributed by atoms with Crippen molar-refractivity contribution in [1.82, 2.24) is 20.1 Å². The summed E-state index contributed by atoms with van der Waals surface area (Å²) >= 11 is 1.46. The van der Waals surface area contributed by atoms with Crippen LogP contribution in [0.4, 0.5) is 5.13 Å². The number of unbranched alkanes of at least 4 members (excludes halogenated alkanes) is 1. The Balaban J connectivity index is 1.86. The molecule has 2 amide bonds. The van der Waals surface area contributed by atoms with Gasteiger partial charge in [-0.2, -0.15) is 0 Å². The predicted octanol–water partition coefficient (Wildman–Crippen LogP) is 1.89. The van der Waals surface area contributed by atoms with Crippen LogP contribution in [-0.2, 0) is 4.79 Å². The van der Waals surface area contributed by atoms with Crippen LogP contribution in [0.2, 0.25) is 0 Å². The van der Waals surface area contributed by atoms with Crippen molar-refractivity contribution in [3.63, 3.8) is 0 Å². The van der Waals surface area contributed by atoms with Crippen LogP contribution in [0.15, 0.2) is 5.38 Å². The molecular weight excluding hydrogens is 350 g/mol. The summed E-state index contributed by atoms with van der Waals surface area (Å²) in [6.45, 7) is 5.63. The summed E-state index contributed by atoms with van der Waals surface area (Å²) in [7, 11) is 3.96. The Bertz CT molecular complexity index is 590. The van der Waals surface area contributed by atoms with Crippen molar-refractivity contribution in [2.75, 3.05) is 52.1 Å². The maximum Gasteiger partial charge on any atom is 0.273 e. The Morgan fingerprint density at radius 1 is 1.38 bits per heavy atom. The van der Waals surface area contributed by atoms with Gasteiger partial charge in [0.15, 0.2) is 5.13 Å². The maximum atomic E-state index is 12.7. The van der Waals surface area contributed by atoms with Gasteiger partial charge in [-0.15, -0.1) is 11.3 Å². The predicted molar refractivity (Wildman–Crippen MR) is 106 cm³/mol. The van der Waals surface area contributed by atoms with Crippen LogP contribution in [0.3, 0.4) is 0 Å². The van der Waals surface area contributed by atoms with Gasteiger partial charge in [-0.3, -0.25) is 9.59 Å². The number of hydrogen-bond acceptors (Lipinski definition) is 6. The number of carbonyl (C=O) groups excluding carboxylic acids is 2. The molecule has 0 saturated carbocycles. The first-order chi connectivity index (χ1) is 12.5. The van der Waals surface area contributed by atoms with Crippen molar-refractivity contribution < 1.29 is 9.59 Å². The molecule has 26 heavy (non-hydrogen) atoms. The Hall–Kier alpha value is -1.67. The van der Waals surface area contributed by atoms with E-state index < -0.39 is 0 Å². The van der Waals surface area contributed by atoms with Gasteiger partial charge in [0.25, 0.3) is 5.91 Å². The Morgan fingerprint density at radius 3 is 2.92 bits per heavy atom. The second-order valence-electron chi connectivity index (χ2n) is 7.00. The summed E-state index contributed by atoms with van der Waals surface area (Å²) in [6.07, 6.45) is 3.89. The molecule has 146 valence electrons. The molecule has 1 aliphatic heterocycles. The van der Waals surface area contributed by atoms with Gasteiger partial charge in [-0.25, -0.2) is 4.98 Å². The first kappa shape index (κ1) is 20.6. The number of nitrogens with one attached hydrogen (secondary N) is 2. The van der Waals surface area contributed by atoms with E-state index in [9.17, 15) is 9.59 Å². The van der Waals surface area contributed by atoms with Gasteiger partial charge in [0, 0.05) is 38.1 Å². The summed E-state index contributed by atoms with van der Waals surface area (Å²) in [5, 5.41) is 8.82. The number of anilines is 1. The SMILES string of the molecule is CCCCNc1nc(C(=O)N2CCCC(C(=O)NCCN(C)C)C2)cs1. The third-order valence-electron chi connectivity index (χ3n) is 4.47. The van der Waals surface area contributed by atoms with E-state index in [0.29, 0.717) is 25.3 Å². The lowest BCUT2D eigenvalue weighted by atomic mass is 9.97. The summed E-state index contributed by atoms with van der Waals surface area (Å²) in [4.78, 5) is 33.3. The second-order valence-corrected chi connectivity index (χ2v) is 7.86. The lowest BCUT2D eigenvalue weighted by molar-refractivity contribution is -0.126. The number of rotatable bonds is 9. The fourth-order valence-corrected chi connectivity index (χ4v) is 3.62. The molecule has 0 bridgehead atoms. The first-order valence-electron chi connectivity index (χ1n) is 9.42. The number of nitrogens with zero attached hydrogens (tertiary/aromatic N) is 3. The lowest BCUT2D eigenvalue weighted by Crippen LogP contribution is -2.46. The van der Waals surface area contributed by atoms with Crippen molar-refractivity contribution in [1.29, 1.82) is 0 Å². The van der Waals surface area contributed by atoms with Crippen LogP contribution < -0.4 is 10.6 Å². The van der Waals surface area contributed by atoms with Crippen LogP contribution in [0.5, 0.6) is 0 Å². The molecule has 1 aromatic rings. The van der Waals surface area contributed by atoms with Gasteiger partial charge in [-0.1, -0.05) is 13.3 Å². The third kappa shape index (κ3) is 6.25. The number of carbonyl (C=O) groups is 2. The van der Waals surface area contributed by atoms with Crippen molar-refractivity contribution in [2.24, 2.45) is 5.92 Å². The molecular formula is C18H31N5O2S. The normalized spacial score (nSPS) is 17.4. The summed E-state index contributed by atoms with van der Waals surface area (Å²) in [5.74, 6) is -0.157.